The first-order chi connectivity index (χ1) is 14.9. The molecule has 8 heteroatoms. The molecule has 1 aliphatic rings. The van der Waals surface area contributed by atoms with Crippen LogP contribution in [0, 0.1) is 10.7 Å². The normalized spacial score (nSPS) is 14.5. The fraction of sp³-hybridized carbons (Fsp3) is 0.0435. The summed E-state index contributed by atoms with van der Waals surface area (Å²) in [7, 11) is 0. The lowest BCUT2D eigenvalue weighted by atomic mass is 10.2. The third-order valence-corrected chi connectivity index (χ3v) is 6.92. The van der Waals surface area contributed by atoms with Gasteiger partial charge in [0.05, 0.1) is 17.7 Å². The first-order valence-electron chi connectivity index (χ1n) is 9.04. The highest BCUT2D eigenvalue weighted by molar-refractivity contribution is 14.1. The largest absolute Gasteiger partial charge is 0.487 e. The Morgan fingerprint density at radius 3 is 2.45 bits per heavy atom. The van der Waals surface area contributed by atoms with E-state index in [1.807, 2.05) is 42.5 Å². The predicted molar refractivity (Wildman–Crippen MR) is 147 cm³/mol. The van der Waals surface area contributed by atoms with Crippen LogP contribution in [0.3, 0.4) is 0 Å². The summed E-state index contributed by atoms with van der Waals surface area (Å²) in [6, 6.07) is 19.2. The van der Waals surface area contributed by atoms with Crippen LogP contribution >= 0.6 is 79.4 Å². The number of benzene rings is 3. The van der Waals surface area contributed by atoms with E-state index in [0.29, 0.717) is 17.2 Å². The number of rotatable bonds is 5. The Morgan fingerprint density at radius 2 is 1.74 bits per heavy atom. The Morgan fingerprint density at radius 1 is 1.00 bits per heavy atom. The zero-order chi connectivity index (χ0) is 22.0. The van der Waals surface area contributed by atoms with Crippen molar-refractivity contribution in [2.75, 3.05) is 0 Å². The van der Waals surface area contributed by atoms with E-state index in [1.54, 1.807) is 18.2 Å². The van der Waals surface area contributed by atoms with Crippen molar-refractivity contribution in [3.63, 3.8) is 0 Å². The fourth-order valence-corrected chi connectivity index (χ4v) is 5.85. The van der Waals surface area contributed by atoms with Crippen molar-refractivity contribution in [3.8, 4) is 5.75 Å². The van der Waals surface area contributed by atoms with Crippen LogP contribution in [0.5, 0.6) is 5.75 Å². The van der Waals surface area contributed by atoms with Crippen molar-refractivity contribution >= 4 is 97.3 Å². The van der Waals surface area contributed by atoms with Crippen LogP contribution in [-0.2, 0) is 16.1 Å². The average molecular weight is 768 g/mol. The first-order valence-corrected chi connectivity index (χ1v) is 12.7. The second-order valence-electron chi connectivity index (χ2n) is 6.55. The van der Waals surface area contributed by atoms with Crippen molar-refractivity contribution in [3.05, 3.63) is 98.8 Å². The summed E-state index contributed by atoms with van der Waals surface area (Å²) < 4.78 is 14.5. The molecule has 3 aromatic carbocycles. The number of esters is 1. The van der Waals surface area contributed by atoms with E-state index in [-0.39, 0.29) is 11.6 Å². The molecule has 0 N–H and O–H groups in total. The van der Waals surface area contributed by atoms with Crippen molar-refractivity contribution in [1.29, 1.82) is 0 Å². The molecular weight excluding hydrogens is 754 g/mol. The Kier molecular flexibility index (Phi) is 7.55. The Labute approximate surface area is 225 Å². The van der Waals surface area contributed by atoms with Crippen molar-refractivity contribution < 1.29 is 14.3 Å². The van der Waals surface area contributed by atoms with Crippen molar-refractivity contribution in [1.82, 2.24) is 0 Å². The van der Waals surface area contributed by atoms with Crippen LogP contribution in [0.4, 0.5) is 0 Å². The number of cyclic esters (lactones) is 1. The van der Waals surface area contributed by atoms with Gasteiger partial charge >= 0.3 is 5.97 Å². The smallest absolute Gasteiger partial charge is 0.363 e. The summed E-state index contributed by atoms with van der Waals surface area (Å²) in [6.07, 6.45) is 1.71. The third kappa shape index (κ3) is 5.60. The summed E-state index contributed by atoms with van der Waals surface area (Å²) in [5.74, 6) is 0.527. The number of halogens is 4. The van der Waals surface area contributed by atoms with E-state index < -0.39 is 5.97 Å². The van der Waals surface area contributed by atoms with Gasteiger partial charge in [-0.25, -0.2) is 9.79 Å². The zero-order valence-corrected chi connectivity index (χ0v) is 23.0. The summed E-state index contributed by atoms with van der Waals surface area (Å²) >= 11 is 13.0. The zero-order valence-electron chi connectivity index (χ0n) is 15.7. The van der Waals surface area contributed by atoms with Gasteiger partial charge in [-0.3, -0.25) is 0 Å². The van der Waals surface area contributed by atoms with Gasteiger partial charge in [-0.1, -0.05) is 35.9 Å². The molecule has 0 fully saturated rings. The molecule has 3 aromatic rings. The summed E-state index contributed by atoms with van der Waals surface area (Å²) in [5, 5.41) is 0.481. The number of aliphatic imine (C=N–C) groups is 1. The predicted octanol–water partition coefficient (Wildman–Crippen LogP) is 7.08. The van der Waals surface area contributed by atoms with Crippen LogP contribution in [-0.4, -0.2) is 11.9 Å². The monoisotopic (exact) mass is 767 g/mol. The quantitative estimate of drug-likeness (QED) is 0.159. The highest BCUT2D eigenvalue weighted by Gasteiger charge is 2.25. The molecule has 31 heavy (non-hydrogen) atoms. The molecule has 0 unspecified atom stereocenters. The SMILES string of the molecule is O=C1OC(c2ccccc2Cl)=N/C1=C\c1cc(I)c(OCc2cccc(I)c2)c(I)c1. The molecule has 4 rings (SSSR count). The molecule has 0 atom stereocenters. The van der Waals surface area contributed by atoms with Gasteiger partial charge in [0.2, 0.25) is 5.90 Å². The van der Waals surface area contributed by atoms with Crippen LogP contribution in [0.15, 0.2) is 71.4 Å². The van der Waals surface area contributed by atoms with Gasteiger partial charge in [0.25, 0.3) is 0 Å². The van der Waals surface area contributed by atoms with Gasteiger partial charge in [0, 0.05) is 3.57 Å². The second-order valence-corrected chi connectivity index (χ2v) is 10.5. The Bertz CT molecular complexity index is 1220. The van der Waals surface area contributed by atoms with E-state index in [4.69, 9.17) is 21.1 Å². The minimum Gasteiger partial charge on any atom is -0.487 e. The average Bonchev–Trinajstić information content (AvgIpc) is 3.08. The summed E-state index contributed by atoms with van der Waals surface area (Å²) in [6.45, 7) is 0.487. The maximum atomic E-state index is 12.3. The first kappa shape index (κ1) is 23.0. The molecule has 4 nitrogen and oxygen atoms in total. The highest BCUT2D eigenvalue weighted by Crippen LogP contribution is 2.31. The molecule has 0 aromatic heterocycles. The molecule has 1 aliphatic heterocycles. The van der Waals surface area contributed by atoms with Crippen molar-refractivity contribution in [2.45, 2.75) is 6.61 Å². The minimum absolute atomic E-state index is 0.212. The lowest BCUT2D eigenvalue weighted by Gasteiger charge is -2.12. The molecule has 156 valence electrons. The molecule has 0 bridgehead atoms. The van der Waals surface area contributed by atoms with Gasteiger partial charge in [-0.15, -0.1) is 0 Å². The molecule has 0 saturated carbocycles. The number of hydrogen-bond acceptors (Lipinski definition) is 4. The van der Waals surface area contributed by atoms with Gasteiger partial charge < -0.3 is 9.47 Å². The van der Waals surface area contributed by atoms with Gasteiger partial charge in [0.15, 0.2) is 5.70 Å². The molecule has 0 amide bonds. The van der Waals surface area contributed by atoms with Crippen LogP contribution in [0.2, 0.25) is 5.02 Å². The number of carbonyl (C=O) groups is 1. The molecule has 1 heterocycles. The Balaban J connectivity index is 1.57. The standard InChI is InChI=1S/C23H13ClI3NO3/c24-17-7-2-1-6-16(17)22-28-20(23(29)31-22)11-14-9-18(26)21(19(27)10-14)30-12-13-4-3-5-15(25)8-13/h1-11H,12H2/b20-11-. The second kappa shape index (κ2) is 10.2. The van der Waals surface area contributed by atoms with Crippen LogP contribution in [0.25, 0.3) is 6.08 Å². The van der Waals surface area contributed by atoms with Gasteiger partial charge in [-0.2, -0.15) is 0 Å². The van der Waals surface area contributed by atoms with Gasteiger partial charge in [-0.05, 0) is 121 Å². The van der Waals surface area contributed by atoms with E-state index >= 15 is 0 Å². The number of ether oxygens (including phenoxy) is 2. The van der Waals surface area contributed by atoms with E-state index in [9.17, 15) is 4.79 Å². The lowest BCUT2D eigenvalue weighted by Crippen LogP contribution is -2.05. The van der Waals surface area contributed by atoms with E-state index in [0.717, 1.165) is 24.0 Å². The van der Waals surface area contributed by atoms with Crippen LogP contribution in [0.1, 0.15) is 16.7 Å². The molecule has 0 radical (unpaired) electrons. The Hall–Kier alpha value is -1.18. The highest BCUT2D eigenvalue weighted by atomic mass is 127. The fourth-order valence-electron chi connectivity index (χ4n) is 2.90. The number of carbonyl (C=O) groups excluding carboxylic acids is 1. The maximum absolute atomic E-state index is 12.3. The van der Waals surface area contributed by atoms with E-state index in [1.165, 1.54) is 3.57 Å². The van der Waals surface area contributed by atoms with Gasteiger partial charge in [0.1, 0.15) is 12.4 Å². The minimum atomic E-state index is -0.501. The maximum Gasteiger partial charge on any atom is 0.363 e. The molecule has 0 spiro atoms. The van der Waals surface area contributed by atoms with Crippen LogP contribution < -0.4 is 4.74 Å². The number of hydrogen-bond donors (Lipinski definition) is 0. The number of nitrogens with zero attached hydrogens (tertiary/aromatic N) is 1. The lowest BCUT2D eigenvalue weighted by molar-refractivity contribution is -0.129. The molecule has 0 saturated heterocycles. The summed E-state index contributed by atoms with van der Waals surface area (Å²) in [4.78, 5) is 16.7. The van der Waals surface area contributed by atoms with E-state index in [2.05, 4.69) is 78.8 Å². The van der Waals surface area contributed by atoms with Crippen molar-refractivity contribution in [2.24, 2.45) is 4.99 Å². The topological polar surface area (TPSA) is 47.9 Å². The third-order valence-electron chi connectivity index (χ3n) is 4.32. The molecular formula is C23H13ClI3NO3. The summed E-state index contributed by atoms with van der Waals surface area (Å²) in [5.41, 5.74) is 2.77. The molecule has 0 aliphatic carbocycles.